The fraction of sp³-hybridized carbons (Fsp3) is 0.429. The Morgan fingerprint density at radius 3 is 3.27 bits per heavy atom. The Balaban J connectivity index is 2.12. The minimum atomic E-state index is -0.558. The number of carbonyl (C=O) groups excluding carboxylic acids is 1. The van der Waals surface area contributed by atoms with E-state index in [-0.39, 0.29) is 0 Å². The van der Waals surface area contributed by atoms with E-state index in [4.69, 9.17) is 10.1 Å². The Kier molecular flexibility index (Phi) is 3.16. The fourth-order valence-electron chi connectivity index (χ4n) is 0.754. The largest absolute Gasteiger partial charge is 0.460 e. The molecule has 0 amide bonds. The van der Waals surface area contributed by atoms with Crippen LogP contribution in [0.1, 0.15) is 6.42 Å². The van der Waals surface area contributed by atoms with Crippen molar-refractivity contribution in [3.05, 3.63) is 11.5 Å². The highest BCUT2D eigenvalue weighted by Crippen LogP contribution is 2.23. The minimum absolute atomic E-state index is 0.360. The molecule has 1 atom stereocenters. The number of allylic oxidation sites excluding steroid dienone is 1. The Bertz CT molecular complexity index is 183. The smallest absolute Gasteiger partial charge is 0.348 e. The van der Waals surface area contributed by atoms with Gasteiger partial charge in [0, 0.05) is 5.25 Å². The van der Waals surface area contributed by atoms with Crippen molar-refractivity contribution in [1.29, 1.82) is 5.41 Å². The lowest BCUT2D eigenvalue weighted by Gasteiger charge is -2.06. The third kappa shape index (κ3) is 2.76. The summed E-state index contributed by atoms with van der Waals surface area (Å²) in [6.07, 6.45) is 3.69. The summed E-state index contributed by atoms with van der Waals surface area (Å²) < 4.78 is 4.73. The Hall–Kier alpha value is -0.770. The lowest BCUT2D eigenvalue weighted by atomic mass is 10.3. The van der Waals surface area contributed by atoms with Crippen LogP contribution in [-0.2, 0) is 9.53 Å². The van der Waals surface area contributed by atoms with E-state index < -0.39 is 5.97 Å². The number of ether oxygens (including phenoxy) is 1. The van der Waals surface area contributed by atoms with Crippen molar-refractivity contribution in [3.8, 4) is 0 Å². The van der Waals surface area contributed by atoms with E-state index in [1.165, 1.54) is 0 Å². The summed E-state index contributed by atoms with van der Waals surface area (Å²) >= 11 is 1.66. The van der Waals surface area contributed by atoms with E-state index in [2.05, 4.69) is 0 Å². The molecule has 1 rings (SSSR count). The van der Waals surface area contributed by atoms with Gasteiger partial charge in [0.05, 0.1) is 0 Å². The molecule has 0 aliphatic carbocycles. The highest BCUT2D eigenvalue weighted by Gasteiger charge is 2.12. The van der Waals surface area contributed by atoms with E-state index >= 15 is 0 Å². The predicted molar refractivity (Wildman–Crippen MR) is 44.9 cm³/mol. The average Bonchev–Trinajstić information content (AvgIpc) is 2.52. The summed E-state index contributed by atoms with van der Waals surface area (Å²) in [7, 11) is 0. The van der Waals surface area contributed by atoms with Crippen LogP contribution in [0.15, 0.2) is 11.5 Å². The zero-order valence-electron chi connectivity index (χ0n) is 5.95. The third-order valence-corrected chi connectivity index (χ3v) is 2.36. The molecule has 0 saturated carbocycles. The van der Waals surface area contributed by atoms with Crippen molar-refractivity contribution >= 4 is 23.9 Å². The van der Waals surface area contributed by atoms with Gasteiger partial charge in [-0.3, -0.25) is 0 Å². The van der Waals surface area contributed by atoms with Gasteiger partial charge in [-0.15, -0.1) is 11.8 Å². The number of rotatable bonds is 3. The van der Waals surface area contributed by atoms with Gasteiger partial charge in [0.2, 0.25) is 0 Å². The van der Waals surface area contributed by atoms with E-state index in [1.807, 2.05) is 11.5 Å². The molecule has 60 valence electrons. The van der Waals surface area contributed by atoms with E-state index in [0.29, 0.717) is 18.1 Å². The molecular formula is C7H9NO2S. The molecule has 1 unspecified atom stereocenters. The van der Waals surface area contributed by atoms with Gasteiger partial charge in [-0.1, -0.05) is 6.08 Å². The van der Waals surface area contributed by atoms with Crippen molar-refractivity contribution in [2.75, 3.05) is 6.61 Å². The summed E-state index contributed by atoms with van der Waals surface area (Å²) in [6.45, 7) is 0.409. The topological polar surface area (TPSA) is 50.2 Å². The standard InChI is InChI=1S/C7H9NO2S/c8-4-7(9)10-5-6-2-1-3-11-6/h1,3-4,6,8H,2,5H2. The maximum Gasteiger partial charge on any atom is 0.348 e. The monoisotopic (exact) mass is 171 g/mol. The molecule has 0 radical (unpaired) electrons. The first-order valence-corrected chi connectivity index (χ1v) is 4.25. The van der Waals surface area contributed by atoms with Crippen LogP contribution in [0.2, 0.25) is 0 Å². The van der Waals surface area contributed by atoms with Crippen molar-refractivity contribution in [3.63, 3.8) is 0 Å². The first kappa shape index (κ1) is 8.33. The second-order valence-corrected chi connectivity index (χ2v) is 3.35. The van der Waals surface area contributed by atoms with Gasteiger partial charge in [0.25, 0.3) is 0 Å². The number of hydrogen-bond donors (Lipinski definition) is 1. The second kappa shape index (κ2) is 4.18. The Morgan fingerprint density at radius 1 is 1.91 bits per heavy atom. The normalized spacial score (nSPS) is 21.6. The fourth-order valence-corrected chi connectivity index (χ4v) is 1.57. The Labute approximate surface area is 69.3 Å². The molecule has 0 fully saturated rings. The van der Waals surface area contributed by atoms with Crippen LogP contribution < -0.4 is 0 Å². The lowest BCUT2D eigenvalue weighted by molar-refractivity contribution is -0.135. The zero-order valence-corrected chi connectivity index (χ0v) is 6.76. The molecule has 0 spiro atoms. The van der Waals surface area contributed by atoms with Crippen LogP contribution >= 0.6 is 11.8 Å². The van der Waals surface area contributed by atoms with Gasteiger partial charge in [-0.25, -0.2) is 4.79 Å². The van der Waals surface area contributed by atoms with Gasteiger partial charge < -0.3 is 10.1 Å². The maximum atomic E-state index is 10.5. The van der Waals surface area contributed by atoms with Crippen LogP contribution in [0.4, 0.5) is 0 Å². The van der Waals surface area contributed by atoms with Gasteiger partial charge in [0.1, 0.15) is 12.8 Å². The number of carbonyl (C=O) groups is 1. The van der Waals surface area contributed by atoms with Crippen LogP contribution in [0.3, 0.4) is 0 Å². The van der Waals surface area contributed by atoms with Gasteiger partial charge in [0.15, 0.2) is 0 Å². The van der Waals surface area contributed by atoms with E-state index in [0.717, 1.165) is 6.42 Å². The number of nitrogens with one attached hydrogen (secondary N) is 1. The van der Waals surface area contributed by atoms with E-state index in [9.17, 15) is 4.79 Å². The SMILES string of the molecule is N=CC(=O)OCC1CC=CS1. The van der Waals surface area contributed by atoms with E-state index in [1.54, 1.807) is 11.8 Å². The van der Waals surface area contributed by atoms with Crippen molar-refractivity contribution < 1.29 is 9.53 Å². The highest BCUT2D eigenvalue weighted by molar-refractivity contribution is 8.03. The molecule has 1 aliphatic rings. The van der Waals surface area contributed by atoms with Crippen molar-refractivity contribution in [2.24, 2.45) is 0 Å². The quantitative estimate of drug-likeness (QED) is 0.512. The van der Waals surface area contributed by atoms with Gasteiger partial charge in [-0.2, -0.15) is 0 Å². The third-order valence-electron chi connectivity index (χ3n) is 1.30. The maximum absolute atomic E-state index is 10.5. The summed E-state index contributed by atoms with van der Waals surface area (Å²) in [6, 6.07) is 0. The molecule has 0 aromatic heterocycles. The molecule has 1 heterocycles. The molecule has 0 aromatic carbocycles. The van der Waals surface area contributed by atoms with Gasteiger partial charge >= 0.3 is 5.97 Å². The first-order valence-electron chi connectivity index (χ1n) is 3.30. The molecule has 0 saturated heterocycles. The average molecular weight is 171 g/mol. The molecule has 4 heteroatoms. The number of thioether (sulfide) groups is 1. The lowest BCUT2D eigenvalue weighted by Crippen LogP contribution is -2.14. The van der Waals surface area contributed by atoms with Crippen LogP contribution in [0, 0.1) is 5.41 Å². The molecule has 11 heavy (non-hydrogen) atoms. The number of hydrogen-bond acceptors (Lipinski definition) is 4. The second-order valence-electron chi connectivity index (χ2n) is 2.14. The van der Waals surface area contributed by atoms with Crippen LogP contribution in [0.25, 0.3) is 0 Å². The summed E-state index contributed by atoms with van der Waals surface area (Å²) in [5.41, 5.74) is 0. The molecule has 3 nitrogen and oxygen atoms in total. The molecule has 1 N–H and O–H groups in total. The first-order chi connectivity index (χ1) is 5.33. The molecule has 1 aliphatic heterocycles. The van der Waals surface area contributed by atoms with Gasteiger partial charge in [-0.05, 0) is 11.8 Å². The highest BCUT2D eigenvalue weighted by atomic mass is 32.2. The summed E-state index contributed by atoms with van der Waals surface area (Å²) in [4.78, 5) is 10.5. The summed E-state index contributed by atoms with van der Waals surface area (Å²) in [5, 5.41) is 8.92. The van der Waals surface area contributed by atoms with Crippen molar-refractivity contribution in [2.45, 2.75) is 11.7 Å². The summed E-state index contributed by atoms with van der Waals surface area (Å²) in [5.74, 6) is -0.558. The molecule has 0 aromatic rings. The minimum Gasteiger partial charge on any atom is -0.460 e. The van der Waals surface area contributed by atoms with Crippen molar-refractivity contribution in [1.82, 2.24) is 0 Å². The molecular weight excluding hydrogens is 162 g/mol. The number of esters is 1. The molecule has 0 bridgehead atoms. The zero-order chi connectivity index (χ0) is 8.10. The van der Waals surface area contributed by atoms with Crippen LogP contribution in [0.5, 0.6) is 0 Å². The Morgan fingerprint density at radius 2 is 2.73 bits per heavy atom. The predicted octanol–water partition coefficient (Wildman–Crippen LogP) is 1.20. The van der Waals surface area contributed by atoms with Crippen LogP contribution in [-0.4, -0.2) is 24.0 Å².